The number of ether oxygens (including phenoxy) is 2. The minimum absolute atomic E-state index is 0.00417. The molecule has 1 heterocycles. The smallest absolute Gasteiger partial charge is 0.258 e. The quantitative estimate of drug-likeness (QED) is 0.717. The van der Waals surface area contributed by atoms with Gasteiger partial charge in [-0.3, -0.25) is 4.79 Å². The maximum atomic E-state index is 12.1. The Balaban J connectivity index is 1.25. The van der Waals surface area contributed by atoms with Crippen molar-refractivity contribution in [2.24, 2.45) is 0 Å². The SMILES string of the molecule is O=C(COc1ccc2ccccc2c1)NCc1ccc(N2CCOCC2)cc1. The molecule has 1 amide bonds. The van der Waals surface area contributed by atoms with Crippen molar-refractivity contribution in [1.29, 1.82) is 0 Å². The molecular weight excluding hydrogens is 352 g/mol. The molecule has 1 aliphatic heterocycles. The zero-order valence-electron chi connectivity index (χ0n) is 15.8. The summed E-state index contributed by atoms with van der Waals surface area (Å²) in [7, 11) is 0. The second-order valence-electron chi connectivity index (χ2n) is 6.84. The Bertz CT molecular complexity index is 934. The first-order chi connectivity index (χ1) is 13.8. The van der Waals surface area contributed by atoms with Gasteiger partial charge in [0, 0.05) is 25.3 Å². The van der Waals surface area contributed by atoms with E-state index in [4.69, 9.17) is 9.47 Å². The lowest BCUT2D eigenvalue weighted by Gasteiger charge is -2.28. The maximum Gasteiger partial charge on any atom is 0.258 e. The third-order valence-corrected chi connectivity index (χ3v) is 4.89. The minimum atomic E-state index is -0.134. The number of benzene rings is 3. The summed E-state index contributed by atoms with van der Waals surface area (Å²) >= 11 is 0. The maximum absolute atomic E-state index is 12.1. The van der Waals surface area contributed by atoms with Gasteiger partial charge in [-0.1, -0.05) is 42.5 Å². The molecule has 3 aromatic rings. The Hall–Kier alpha value is -3.05. The molecule has 3 aromatic carbocycles. The van der Waals surface area contributed by atoms with Crippen LogP contribution >= 0.6 is 0 Å². The van der Waals surface area contributed by atoms with Crippen molar-refractivity contribution in [2.45, 2.75) is 6.54 Å². The van der Waals surface area contributed by atoms with Crippen LogP contribution in [0.25, 0.3) is 10.8 Å². The molecule has 4 rings (SSSR count). The molecular formula is C23H24N2O3. The first-order valence-corrected chi connectivity index (χ1v) is 9.58. The van der Waals surface area contributed by atoms with Gasteiger partial charge in [0.05, 0.1) is 13.2 Å². The number of nitrogens with zero attached hydrogens (tertiary/aromatic N) is 1. The van der Waals surface area contributed by atoms with E-state index in [0.717, 1.165) is 42.6 Å². The van der Waals surface area contributed by atoms with Gasteiger partial charge in [0.15, 0.2) is 6.61 Å². The molecule has 144 valence electrons. The van der Waals surface area contributed by atoms with Crippen LogP contribution in [0.2, 0.25) is 0 Å². The molecule has 28 heavy (non-hydrogen) atoms. The zero-order valence-corrected chi connectivity index (χ0v) is 15.8. The third kappa shape index (κ3) is 4.61. The lowest BCUT2D eigenvalue weighted by molar-refractivity contribution is -0.123. The van der Waals surface area contributed by atoms with Crippen LogP contribution < -0.4 is 15.0 Å². The van der Waals surface area contributed by atoms with Crippen molar-refractivity contribution in [3.05, 3.63) is 72.3 Å². The van der Waals surface area contributed by atoms with Crippen molar-refractivity contribution in [1.82, 2.24) is 5.32 Å². The first-order valence-electron chi connectivity index (χ1n) is 9.58. The number of rotatable bonds is 6. The molecule has 1 N–H and O–H groups in total. The lowest BCUT2D eigenvalue weighted by atomic mass is 10.1. The van der Waals surface area contributed by atoms with E-state index in [-0.39, 0.29) is 12.5 Å². The molecule has 0 unspecified atom stereocenters. The molecule has 0 spiro atoms. The second kappa shape index (κ2) is 8.76. The van der Waals surface area contributed by atoms with Gasteiger partial charge in [0.2, 0.25) is 0 Å². The van der Waals surface area contributed by atoms with E-state index < -0.39 is 0 Å². The summed E-state index contributed by atoms with van der Waals surface area (Å²) in [5.74, 6) is 0.564. The molecule has 0 saturated carbocycles. The van der Waals surface area contributed by atoms with Crippen molar-refractivity contribution in [3.8, 4) is 5.75 Å². The highest BCUT2D eigenvalue weighted by atomic mass is 16.5. The van der Waals surface area contributed by atoms with Gasteiger partial charge in [-0.2, -0.15) is 0 Å². The minimum Gasteiger partial charge on any atom is -0.484 e. The molecule has 1 saturated heterocycles. The molecule has 5 nitrogen and oxygen atoms in total. The Kier molecular flexibility index (Phi) is 5.73. The predicted octanol–water partition coefficient (Wildman–Crippen LogP) is 3.37. The van der Waals surface area contributed by atoms with Gasteiger partial charge >= 0.3 is 0 Å². The van der Waals surface area contributed by atoms with Gasteiger partial charge in [-0.15, -0.1) is 0 Å². The predicted molar refractivity (Wildman–Crippen MR) is 111 cm³/mol. The Morgan fingerprint density at radius 1 is 0.964 bits per heavy atom. The molecule has 0 radical (unpaired) electrons. The summed E-state index contributed by atoms with van der Waals surface area (Å²) in [6.45, 7) is 3.88. The average Bonchev–Trinajstić information content (AvgIpc) is 2.77. The number of carbonyl (C=O) groups excluding carboxylic acids is 1. The number of morpholine rings is 1. The topological polar surface area (TPSA) is 50.8 Å². The summed E-state index contributed by atoms with van der Waals surface area (Å²) in [4.78, 5) is 14.4. The molecule has 5 heteroatoms. The van der Waals surface area contributed by atoms with E-state index in [1.807, 2.05) is 36.4 Å². The number of nitrogens with one attached hydrogen (secondary N) is 1. The van der Waals surface area contributed by atoms with Crippen molar-refractivity contribution in [3.63, 3.8) is 0 Å². The molecule has 0 aromatic heterocycles. The fraction of sp³-hybridized carbons (Fsp3) is 0.261. The van der Waals surface area contributed by atoms with Gasteiger partial charge in [0.25, 0.3) is 5.91 Å². The van der Waals surface area contributed by atoms with Gasteiger partial charge < -0.3 is 19.7 Å². The fourth-order valence-corrected chi connectivity index (χ4v) is 3.30. The number of hydrogen-bond donors (Lipinski definition) is 1. The summed E-state index contributed by atoms with van der Waals surface area (Å²) in [5, 5.41) is 5.16. The van der Waals surface area contributed by atoms with Gasteiger partial charge in [-0.05, 0) is 40.6 Å². The van der Waals surface area contributed by atoms with Crippen LogP contribution in [0.5, 0.6) is 5.75 Å². The third-order valence-electron chi connectivity index (χ3n) is 4.89. The highest BCUT2D eigenvalue weighted by Gasteiger charge is 2.11. The molecule has 1 aliphatic rings. The summed E-state index contributed by atoms with van der Waals surface area (Å²) < 4.78 is 11.0. The van der Waals surface area contributed by atoms with Crippen LogP contribution in [-0.2, 0) is 16.1 Å². The normalized spacial score (nSPS) is 14.1. The number of hydrogen-bond acceptors (Lipinski definition) is 4. The van der Waals surface area contributed by atoms with Crippen LogP contribution in [0.15, 0.2) is 66.7 Å². The standard InChI is InChI=1S/C23H24N2O3/c26-23(17-28-22-10-7-19-3-1-2-4-20(19)15-22)24-16-18-5-8-21(9-6-18)25-11-13-27-14-12-25/h1-10,15H,11-14,16-17H2,(H,24,26). The van der Waals surface area contributed by atoms with Gasteiger partial charge in [-0.25, -0.2) is 0 Å². The van der Waals surface area contributed by atoms with Crippen molar-refractivity contribution in [2.75, 3.05) is 37.8 Å². The Labute approximate surface area is 164 Å². The number of anilines is 1. The Morgan fingerprint density at radius 3 is 2.50 bits per heavy atom. The number of carbonyl (C=O) groups is 1. The summed E-state index contributed by atoms with van der Waals surface area (Å²) in [6, 6.07) is 22.2. The highest BCUT2D eigenvalue weighted by Crippen LogP contribution is 2.20. The largest absolute Gasteiger partial charge is 0.484 e. The van der Waals surface area contributed by atoms with Crippen LogP contribution in [-0.4, -0.2) is 38.8 Å². The first kappa shape index (κ1) is 18.3. The molecule has 0 aliphatic carbocycles. The van der Waals surface area contributed by atoms with E-state index in [1.54, 1.807) is 0 Å². The van der Waals surface area contributed by atoms with E-state index in [2.05, 4.69) is 40.5 Å². The Morgan fingerprint density at radius 2 is 1.71 bits per heavy atom. The second-order valence-corrected chi connectivity index (χ2v) is 6.84. The number of amides is 1. The van der Waals surface area contributed by atoms with Crippen LogP contribution in [0, 0.1) is 0 Å². The van der Waals surface area contributed by atoms with Crippen molar-refractivity contribution < 1.29 is 14.3 Å². The monoisotopic (exact) mass is 376 g/mol. The van der Waals surface area contributed by atoms with Crippen molar-refractivity contribution >= 4 is 22.4 Å². The van der Waals surface area contributed by atoms with E-state index in [0.29, 0.717) is 12.3 Å². The zero-order chi connectivity index (χ0) is 19.2. The van der Waals surface area contributed by atoms with Crippen LogP contribution in [0.4, 0.5) is 5.69 Å². The lowest BCUT2D eigenvalue weighted by Crippen LogP contribution is -2.36. The van der Waals surface area contributed by atoms with E-state index >= 15 is 0 Å². The molecule has 0 bridgehead atoms. The van der Waals surface area contributed by atoms with E-state index in [1.165, 1.54) is 5.69 Å². The number of fused-ring (bicyclic) bond motifs is 1. The fourth-order valence-electron chi connectivity index (χ4n) is 3.30. The average molecular weight is 376 g/mol. The van der Waals surface area contributed by atoms with Gasteiger partial charge in [0.1, 0.15) is 5.75 Å². The summed E-state index contributed by atoms with van der Waals surface area (Å²) in [5.41, 5.74) is 2.26. The highest BCUT2D eigenvalue weighted by molar-refractivity contribution is 5.84. The van der Waals surface area contributed by atoms with Crippen LogP contribution in [0.1, 0.15) is 5.56 Å². The molecule has 1 fully saturated rings. The van der Waals surface area contributed by atoms with E-state index in [9.17, 15) is 4.79 Å². The van der Waals surface area contributed by atoms with Crippen LogP contribution in [0.3, 0.4) is 0 Å². The summed E-state index contributed by atoms with van der Waals surface area (Å²) in [6.07, 6.45) is 0. The molecule has 0 atom stereocenters.